The lowest BCUT2D eigenvalue weighted by Crippen LogP contribution is -2.35. The van der Waals surface area contributed by atoms with E-state index in [1.165, 1.54) is 6.07 Å². The number of hydrogen-bond donors (Lipinski definition) is 1. The predicted molar refractivity (Wildman–Crippen MR) is 68.5 cm³/mol. The standard InChI is InChI=1S/C14H18FNO3/c15-13-4-2-1-3-12(13)7-11-8-16(9-14(17)18)5-6-19-10-11/h1-4,11H,5-10H2,(H,17,18)/t11-/m1/s1. The summed E-state index contributed by atoms with van der Waals surface area (Å²) in [6.07, 6.45) is 0.572. The predicted octanol–water partition coefficient (Wildman–Crippen LogP) is 1.40. The van der Waals surface area contributed by atoms with Crippen molar-refractivity contribution in [1.82, 2.24) is 4.90 Å². The molecule has 1 N–H and O–H groups in total. The zero-order valence-corrected chi connectivity index (χ0v) is 10.7. The van der Waals surface area contributed by atoms with Crippen molar-refractivity contribution < 1.29 is 19.0 Å². The van der Waals surface area contributed by atoms with Crippen molar-refractivity contribution in [3.63, 3.8) is 0 Å². The Morgan fingerprint density at radius 1 is 1.47 bits per heavy atom. The van der Waals surface area contributed by atoms with Crippen molar-refractivity contribution in [3.05, 3.63) is 35.6 Å². The maximum atomic E-state index is 13.6. The highest BCUT2D eigenvalue weighted by atomic mass is 19.1. The highest BCUT2D eigenvalue weighted by molar-refractivity contribution is 5.69. The summed E-state index contributed by atoms with van der Waals surface area (Å²) in [4.78, 5) is 12.6. The quantitative estimate of drug-likeness (QED) is 0.896. The molecule has 0 radical (unpaired) electrons. The lowest BCUT2D eigenvalue weighted by Gasteiger charge is -2.21. The fraction of sp³-hybridized carbons (Fsp3) is 0.500. The van der Waals surface area contributed by atoms with E-state index < -0.39 is 5.97 Å². The maximum Gasteiger partial charge on any atom is 0.317 e. The van der Waals surface area contributed by atoms with Gasteiger partial charge in [0.25, 0.3) is 0 Å². The van der Waals surface area contributed by atoms with Crippen LogP contribution in [-0.2, 0) is 16.0 Å². The molecule has 0 bridgehead atoms. The van der Waals surface area contributed by atoms with Crippen molar-refractivity contribution in [2.45, 2.75) is 6.42 Å². The van der Waals surface area contributed by atoms with Gasteiger partial charge in [0, 0.05) is 13.1 Å². The van der Waals surface area contributed by atoms with Crippen LogP contribution in [0.15, 0.2) is 24.3 Å². The van der Waals surface area contributed by atoms with Gasteiger partial charge < -0.3 is 9.84 Å². The molecule has 0 unspecified atom stereocenters. The van der Waals surface area contributed by atoms with Crippen LogP contribution in [0.5, 0.6) is 0 Å². The Morgan fingerprint density at radius 2 is 2.26 bits per heavy atom. The summed E-state index contributed by atoms with van der Waals surface area (Å²) in [5, 5.41) is 8.84. The third-order valence-corrected chi connectivity index (χ3v) is 3.25. The van der Waals surface area contributed by atoms with Gasteiger partial charge in [0.15, 0.2) is 0 Å². The SMILES string of the molecule is O=C(O)CN1CCOC[C@H](Cc2ccccc2F)C1. The number of carbonyl (C=O) groups is 1. The molecule has 4 nitrogen and oxygen atoms in total. The van der Waals surface area contributed by atoms with Gasteiger partial charge in [-0.2, -0.15) is 0 Å². The van der Waals surface area contributed by atoms with Gasteiger partial charge in [-0.1, -0.05) is 18.2 Å². The van der Waals surface area contributed by atoms with E-state index in [0.29, 0.717) is 38.3 Å². The molecule has 0 amide bonds. The van der Waals surface area contributed by atoms with Crippen LogP contribution in [-0.4, -0.2) is 48.8 Å². The van der Waals surface area contributed by atoms with Crippen LogP contribution in [0.4, 0.5) is 4.39 Å². The van der Waals surface area contributed by atoms with Crippen molar-refractivity contribution in [3.8, 4) is 0 Å². The number of nitrogens with zero attached hydrogens (tertiary/aromatic N) is 1. The average molecular weight is 267 g/mol. The van der Waals surface area contributed by atoms with Gasteiger partial charge in [-0.3, -0.25) is 9.69 Å². The Bertz CT molecular complexity index is 438. The molecule has 1 fully saturated rings. The summed E-state index contributed by atoms with van der Waals surface area (Å²) in [5.74, 6) is -0.929. The first-order chi connectivity index (χ1) is 9.15. The lowest BCUT2D eigenvalue weighted by molar-refractivity contribution is -0.138. The Balaban J connectivity index is 1.98. The molecule has 1 heterocycles. The molecule has 1 atom stereocenters. The van der Waals surface area contributed by atoms with Gasteiger partial charge in [0.05, 0.1) is 19.8 Å². The van der Waals surface area contributed by atoms with E-state index in [0.717, 1.165) is 0 Å². The lowest BCUT2D eigenvalue weighted by atomic mass is 9.99. The number of ether oxygens (including phenoxy) is 1. The molecule has 104 valence electrons. The first kappa shape index (κ1) is 14.0. The second kappa shape index (κ2) is 6.63. The molecule has 1 saturated heterocycles. The molecule has 0 spiro atoms. The summed E-state index contributed by atoms with van der Waals surface area (Å²) in [6, 6.07) is 6.69. The molecule has 5 heteroatoms. The van der Waals surface area contributed by atoms with E-state index in [1.54, 1.807) is 12.1 Å². The van der Waals surface area contributed by atoms with E-state index >= 15 is 0 Å². The second-order valence-corrected chi connectivity index (χ2v) is 4.87. The Labute approximate surface area is 111 Å². The van der Waals surface area contributed by atoms with Crippen LogP contribution in [0.25, 0.3) is 0 Å². The van der Waals surface area contributed by atoms with Crippen molar-refractivity contribution in [2.75, 3.05) is 32.8 Å². The van der Waals surface area contributed by atoms with Crippen molar-refractivity contribution in [1.29, 1.82) is 0 Å². The number of halogens is 1. The average Bonchev–Trinajstić information content (AvgIpc) is 2.57. The van der Waals surface area contributed by atoms with E-state index in [4.69, 9.17) is 9.84 Å². The highest BCUT2D eigenvalue weighted by Crippen LogP contribution is 2.16. The van der Waals surface area contributed by atoms with Gasteiger partial charge in [0.2, 0.25) is 0 Å². The number of aliphatic carboxylic acids is 1. The molecule has 1 aliphatic heterocycles. The van der Waals surface area contributed by atoms with Crippen LogP contribution in [0.2, 0.25) is 0 Å². The van der Waals surface area contributed by atoms with Crippen LogP contribution in [0, 0.1) is 11.7 Å². The molecular formula is C14H18FNO3. The monoisotopic (exact) mass is 267 g/mol. The first-order valence-corrected chi connectivity index (χ1v) is 6.40. The number of rotatable bonds is 4. The third-order valence-electron chi connectivity index (χ3n) is 3.25. The topological polar surface area (TPSA) is 49.8 Å². The van der Waals surface area contributed by atoms with E-state index in [9.17, 15) is 9.18 Å². The molecule has 0 aliphatic carbocycles. The third kappa shape index (κ3) is 4.29. The Kier molecular flexibility index (Phi) is 4.87. The minimum Gasteiger partial charge on any atom is -0.480 e. The van der Waals surface area contributed by atoms with E-state index in [1.807, 2.05) is 11.0 Å². The Morgan fingerprint density at radius 3 is 3.00 bits per heavy atom. The number of benzene rings is 1. The zero-order chi connectivity index (χ0) is 13.7. The molecule has 0 saturated carbocycles. The molecule has 2 rings (SSSR count). The summed E-state index contributed by atoms with van der Waals surface area (Å²) < 4.78 is 19.1. The minimum atomic E-state index is -0.841. The maximum absolute atomic E-state index is 13.6. The van der Waals surface area contributed by atoms with Crippen LogP contribution < -0.4 is 0 Å². The molecule has 1 aromatic rings. The number of carboxylic acid groups (broad SMARTS) is 1. The normalized spacial score (nSPS) is 21.0. The molecule has 0 aromatic heterocycles. The Hall–Kier alpha value is -1.46. The zero-order valence-electron chi connectivity index (χ0n) is 10.7. The second-order valence-electron chi connectivity index (χ2n) is 4.87. The molecule has 19 heavy (non-hydrogen) atoms. The van der Waals surface area contributed by atoms with Crippen LogP contribution >= 0.6 is 0 Å². The highest BCUT2D eigenvalue weighted by Gasteiger charge is 2.21. The van der Waals surface area contributed by atoms with Gasteiger partial charge >= 0.3 is 5.97 Å². The van der Waals surface area contributed by atoms with Gasteiger partial charge in [-0.05, 0) is 24.0 Å². The molecule has 1 aromatic carbocycles. The van der Waals surface area contributed by atoms with Crippen molar-refractivity contribution in [2.24, 2.45) is 5.92 Å². The summed E-state index contributed by atoms with van der Waals surface area (Å²) >= 11 is 0. The van der Waals surface area contributed by atoms with Gasteiger partial charge in [-0.15, -0.1) is 0 Å². The number of hydrogen-bond acceptors (Lipinski definition) is 3. The number of carboxylic acids is 1. The van der Waals surface area contributed by atoms with Gasteiger partial charge in [0.1, 0.15) is 5.82 Å². The largest absolute Gasteiger partial charge is 0.480 e. The van der Waals surface area contributed by atoms with Crippen LogP contribution in [0.3, 0.4) is 0 Å². The van der Waals surface area contributed by atoms with Crippen molar-refractivity contribution >= 4 is 5.97 Å². The van der Waals surface area contributed by atoms with Gasteiger partial charge in [-0.25, -0.2) is 4.39 Å². The first-order valence-electron chi connectivity index (χ1n) is 6.40. The summed E-state index contributed by atoms with van der Waals surface area (Å²) in [6.45, 7) is 2.32. The van der Waals surface area contributed by atoms with Crippen LogP contribution in [0.1, 0.15) is 5.56 Å². The molecular weight excluding hydrogens is 249 g/mol. The van der Waals surface area contributed by atoms with E-state index in [-0.39, 0.29) is 18.3 Å². The summed E-state index contributed by atoms with van der Waals surface area (Å²) in [7, 11) is 0. The van der Waals surface area contributed by atoms with E-state index in [2.05, 4.69) is 0 Å². The smallest absolute Gasteiger partial charge is 0.317 e. The molecule has 1 aliphatic rings. The summed E-state index contributed by atoms with van der Waals surface area (Å²) in [5.41, 5.74) is 0.660. The fourth-order valence-corrected chi connectivity index (χ4v) is 2.39. The fourth-order valence-electron chi connectivity index (χ4n) is 2.39. The minimum absolute atomic E-state index is 0.0110.